The van der Waals surface area contributed by atoms with Crippen LogP contribution in [0.5, 0.6) is 0 Å². The monoisotopic (exact) mass is 424 g/mol. The molecule has 162 valence electrons. The summed E-state index contributed by atoms with van der Waals surface area (Å²) in [4.78, 5) is 37.4. The number of carbonyl (C=O) groups excluding carboxylic acids is 3. The molecule has 8 heteroatoms. The Morgan fingerprint density at radius 3 is 2.35 bits per heavy atom. The smallest absolute Gasteiger partial charge is 0.425 e. The van der Waals surface area contributed by atoms with E-state index in [4.69, 9.17) is 14.2 Å². The molecular weight excluding hydrogens is 400 g/mol. The number of amides is 1. The third-order valence-electron chi connectivity index (χ3n) is 5.64. The minimum atomic E-state index is -0.636. The van der Waals surface area contributed by atoms with Gasteiger partial charge in [0.15, 0.2) is 0 Å². The summed E-state index contributed by atoms with van der Waals surface area (Å²) in [7, 11) is 1.32. The SMILES string of the molecule is CCOC(=O)[C@H]1C[C@@H](c2ccc(C(=O)OC)cc2)N2C(=O)OC[C@@H](c3ccccc3)N12. The summed E-state index contributed by atoms with van der Waals surface area (Å²) in [5.41, 5.74) is 2.14. The van der Waals surface area contributed by atoms with E-state index < -0.39 is 24.1 Å². The molecule has 0 aliphatic carbocycles. The topological polar surface area (TPSA) is 85.4 Å². The van der Waals surface area contributed by atoms with Crippen molar-refractivity contribution in [1.82, 2.24) is 10.0 Å². The number of ether oxygens (including phenoxy) is 3. The van der Waals surface area contributed by atoms with Crippen LogP contribution in [0.2, 0.25) is 0 Å². The van der Waals surface area contributed by atoms with Crippen molar-refractivity contribution in [3.63, 3.8) is 0 Å². The molecule has 2 aliphatic rings. The van der Waals surface area contributed by atoms with E-state index in [-0.39, 0.29) is 25.2 Å². The van der Waals surface area contributed by atoms with Crippen LogP contribution in [0.4, 0.5) is 4.79 Å². The number of hydrazine groups is 1. The molecule has 2 fully saturated rings. The zero-order valence-electron chi connectivity index (χ0n) is 17.4. The molecule has 2 aliphatic heterocycles. The van der Waals surface area contributed by atoms with E-state index in [1.54, 1.807) is 36.2 Å². The zero-order valence-corrected chi connectivity index (χ0v) is 17.4. The molecular formula is C23H24N2O6. The Morgan fingerprint density at radius 2 is 1.71 bits per heavy atom. The Morgan fingerprint density at radius 1 is 1.03 bits per heavy atom. The number of rotatable bonds is 5. The molecule has 4 rings (SSSR count). The molecule has 0 N–H and O–H groups in total. The number of methoxy groups -OCH3 is 1. The largest absolute Gasteiger partial charge is 0.465 e. The van der Waals surface area contributed by atoms with Crippen molar-refractivity contribution >= 4 is 18.0 Å². The second-order valence-electron chi connectivity index (χ2n) is 7.36. The molecule has 2 aromatic rings. The van der Waals surface area contributed by atoms with Gasteiger partial charge in [-0.05, 0) is 30.2 Å². The lowest BCUT2D eigenvalue weighted by atomic mass is 9.99. The van der Waals surface area contributed by atoms with E-state index in [0.29, 0.717) is 12.0 Å². The predicted molar refractivity (Wildman–Crippen MR) is 110 cm³/mol. The number of fused-ring (bicyclic) bond motifs is 1. The summed E-state index contributed by atoms with van der Waals surface area (Å²) in [6.45, 7) is 2.15. The number of cyclic esters (lactones) is 1. The summed E-state index contributed by atoms with van der Waals surface area (Å²) < 4.78 is 15.6. The summed E-state index contributed by atoms with van der Waals surface area (Å²) in [5, 5.41) is 3.30. The van der Waals surface area contributed by atoms with E-state index in [1.165, 1.54) is 12.1 Å². The first-order valence-corrected chi connectivity index (χ1v) is 10.2. The molecule has 0 unspecified atom stereocenters. The van der Waals surface area contributed by atoms with Gasteiger partial charge in [-0.1, -0.05) is 42.5 Å². The van der Waals surface area contributed by atoms with E-state index >= 15 is 0 Å². The number of hydrogen-bond acceptors (Lipinski definition) is 7. The molecule has 0 saturated carbocycles. The van der Waals surface area contributed by atoms with Gasteiger partial charge in [0.05, 0.1) is 31.4 Å². The minimum absolute atomic E-state index is 0.142. The van der Waals surface area contributed by atoms with Gasteiger partial charge in [0.25, 0.3) is 0 Å². The summed E-state index contributed by atoms with van der Waals surface area (Å²) in [6.07, 6.45) is -0.157. The van der Waals surface area contributed by atoms with Crippen LogP contribution in [0.3, 0.4) is 0 Å². The highest BCUT2D eigenvalue weighted by Crippen LogP contribution is 2.44. The average Bonchev–Trinajstić information content (AvgIpc) is 3.21. The van der Waals surface area contributed by atoms with Crippen LogP contribution in [0.25, 0.3) is 0 Å². The molecule has 31 heavy (non-hydrogen) atoms. The molecule has 2 saturated heterocycles. The van der Waals surface area contributed by atoms with Crippen LogP contribution in [0, 0.1) is 0 Å². The Kier molecular flexibility index (Phi) is 5.90. The first-order valence-electron chi connectivity index (χ1n) is 10.2. The highest BCUT2D eigenvalue weighted by atomic mass is 16.6. The molecule has 1 amide bonds. The second-order valence-corrected chi connectivity index (χ2v) is 7.36. The van der Waals surface area contributed by atoms with Gasteiger partial charge >= 0.3 is 18.0 Å². The highest BCUT2D eigenvalue weighted by Gasteiger charge is 2.53. The lowest BCUT2D eigenvalue weighted by Gasteiger charge is -2.42. The number of hydrogen-bond donors (Lipinski definition) is 0. The Hall–Kier alpha value is -3.39. The van der Waals surface area contributed by atoms with Crippen LogP contribution >= 0.6 is 0 Å². The Labute approximate surface area is 180 Å². The average molecular weight is 424 g/mol. The van der Waals surface area contributed by atoms with Gasteiger partial charge in [-0.2, -0.15) is 5.01 Å². The van der Waals surface area contributed by atoms with E-state index in [9.17, 15) is 14.4 Å². The van der Waals surface area contributed by atoms with E-state index in [0.717, 1.165) is 11.1 Å². The first-order chi connectivity index (χ1) is 15.0. The van der Waals surface area contributed by atoms with Crippen molar-refractivity contribution in [2.24, 2.45) is 0 Å². The standard InChI is InChI=1S/C23H24N2O6/c1-3-30-22(27)19-13-18(16-9-11-17(12-10-16)21(26)29-2)25-23(28)31-14-20(24(19)25)15-7-5-4-6-8-15/h4-12,18-20H,3,13-14H2,1-2H3/t18-,19+,20-/m0/s1. The van der Waals surface area contributed by atoms with Gasteiger partial charge in [0.2, 0.25) is 0 Å². The summed E-state index contributed by atoms with van der Waals surface area (Å²) in [6, 6.07) is 15.1. The van der Waals surface area contributed by atoms with E-state index in [1.807, 2.05) is 30.3 Å². The molecule has 0 aromatic heterocycles. The third-order valence-corrected chi connectivity index (χ3v) is 5.64. The fourth-order valence-electron chi connectivity index (χ4n) is 4.22. The Bertz CT molecular complexity index is 962. The Balaban J connectivity index is 1.72. The summed E-state index contributed by atoms with van der Waals surface area (Å²) in [5.74, 6) is -0.817. The highest BCUT2D eigenvalue weighted by molar-refractivity contribution is 5.89. The molecule has 3 atom stereocenters. The summed E-state index contributed by atoms with van der Waals surface area (Å²) >= 11 is 0. The third kappa shape index (κ3) is 3.86. The van der Waals surface area contributed by atoms with Crippen LogP contribution in [-0.4, -0.2) is 54.4 Å². The van der Waals surface area contributed by atoms with Crippen molar-refractivity contribution in [2.75, 3.05) is 20.3 Å². The molecule has 8 nitrogen and oxygen atoms in total. The maximum absolute atomic E-state index is 12.8. The van der Waals surface area contributed by atoms with E-state index in [2.05, 4.69) is 0 Å². The molecule has 0 spiro atoms. The number of benzene rings is 2. The van der Waals surface area contributed by atoms with Crippen LogP contribution < -0.4 is 0 Å². The fourth-order valence-corrected chi connectivity index (χ4v) is 4.22. The van der Waals surface area contributed by atoms with Crippen molar-refractivity contribution in [2.45, 2.75) is 31.5 Å². The molecule has 0 bridgehead atoms. The van der Waals surface area contributed by atoms with Gasteiger partial charge < -0.3 is 14.2 Å². The maximum atomic E-state index is 12.8. The number of esters is 2. The molecule has 2 heterocycles. The van der Waals surface area contributed by atoms with Gasteiger partial charge in [-0.25, -0.2) is 14.6 Å². The second kappa shape index (κ2) is 8.77. The van der Waals surface area contributed by atoms with Crippen molar-refractivity contribution < 1.29 is 28.6 Å². The molecule has 0 radical (unpaired) electrons. The van der Waals surface area contributed by atoms with Gasteiger partial charge in [0, 0.05) is 6.42 Å². The quantitative estimate of drug-likeness (QED) is 0.538. The maximum Gasteiger partial charge on any atom is 0.425 e. The number of nitrogens with zero attached hydrogens (tertiary/aromatic N) is 2. The normalized spacial score (nSPS) is 23.1. The van der Waals surface area contributed by atoms with Gasteiger partial charge in [-0.15, -0.1) is 0 Å². The molecule has 2 aromatic carbocycles. The zero-order chi connectivity index (χ0) is 22.0. The van der Waals surface area contributed by atoms with Crippen LogP contribution in [0.15, 0.2) is 54.6 Å². The fraction of sp³-hybridized carbons (Fsp3) is 0.348. The lowest BCUT2D eigenvalue weighted by Crippen LogP contribution is -2.55. The minimum Gasteiger partial charge on any atom is -0.465 e. The van der Waals surface area contributed by atoms with Gasteiger partial charge in [0.1, 0.15) is 12.6 Å². The van der Waals surface area contributed by atoms with Crippen molar-refractivity contribution in [3.05, 3.63) is 71.3 Å². The lowest BCUT2D eigenvalue weighted by molar-refractivity contribution is -0.161. The first kappa shape index (κ1) is 20.9. The van der Waals surface area contributed by atoms with Crippen LogP contribution in [0.1, 0.15) is 46.9 Å². The van der Waals surface area contributed by atoms with Crippen LogP contribution in [-0.2, 0) is 19.0 Å². The van der Waals surface area contributed by atoms with Crippen molar-refractivity contribution in [1.29, 1.82) is 0 Å². The number of carbonyl (C=O) groups is 3. The van der Waals surface area contributed by atoms with Gasteiger partial charge in [-0.3, -0.25) is 4.79 Å². The van der Waals surface area contributed by atoms with Crippen molar-refractivity contribution in [3.8, 4) is 0 Å². The predicted octanol–water partition coefficient (Wildman–Crippen LogP) is 3.26.